The highest BCUT2D eigenvalue weighted by Crippen LogP contribution is 2.46. The molecule has 1 atom stereocenters. The number of anilines is 1. The number of rotatable bonds is 9. The van der Waals surface area contributed by atoms with Crippen LogP contribution in [0.4, 0.5) is 5.69 Å². The Hall–Kier alpha value is -4.58. The van der Waals surface area contributed by atoms with Crippen LogP contribution in [0.3, 0.4) is 0 Å². The molecule has 6 nitrogen and oxygen atoms in total. The fourth-order valence-electron chi connectivity index (χ4n) is 5.11. The van der Waals surface area contributed by atoms with Crippen molar-refractivity contribution in [2.75, 3.05) is 25.7 Å². The van der Waals surface area contributed by atoms with Crippen molar-refractivity contribution in [3.05, 3.63) is 125 Å². The summed E-state index contributed by atoms with van der Waals surface area (Å²) < 4.78 is 17.3. The lowest BCUT2D eigenvalue weighted by Gasteiger charge is -2.29. The predicted molar refractivity (Wildman–Crippen MR) is 150 cm³/mol. The summed E-state index contributed by atoms with van der Waals surface area (Å²) in [5.41, 5.74) is 3.07. The minimum atomic E-state index is -1.57. The van der Waals surface area contributed by atoms with Crippen LogP contribution in [-0.2, 0) is 28.0 Å². The monoisotopic (exact) mass is 521 g/mol. The van der Waals surface area contributed by atoms with E-state index in [1.54, 1.807) is 49.5 Å². The van der Waals surface area contributed by atoms with Crippen molar-refractivity contribution in [3.8, 4) is 11.5 Å². The standard InChI is InChI=1S/C33H31NO5/c1-23-14-15-30-29(18-23)33(39-31(35)26-12-8-5-9-13-26,22-25-19-27(37-2)21-28(20-25)38-3)32(36)34(30)17-16-24-10-6-4-7-11-24/h4-15,18-21H,16-17,22H2,1-3H3. The zero-order valence-corrected chi connectivity index (χ0v) is 22.3. The number of aryl methyl sites for hydroxylation is 1. The first-order valence-corrected chi connectivity index (χ1v) is 12.9. The number of ether oxygens (including phenoxy) is 3. The third-order valence-electron chi connectivity index (χ3n) is 7.08. The predicted octanol–water partition coefficient (Wildman–Crippen LogP) is 5.90. The maximum absolute atomic E-state index is 14.5. The van der Waals surface area contributed by atoms with Gasteiger partial charge in [0.05, 0.1) is 25.5 Å². The van der Waals surface area contributed by atoms with Crippen LogP contribution in [0.1, 0.15) is 32.6 Å². The molecule has 4 aromatic rings. The Balaban J connectivity index is 1.61. The van der Waals surface area contributed by atoms with E-state index in [1.165, 1.54) is 0 Å². The van der Waals surface area contributed by atoms with Gasteiger partial charge in [0.25, 0.3) is 5.91 Å². The van der Waals surface area contributed by atoms with Crippen molar-refractivity contribution in [1.82, 2.24) is 0 Å². The molecule has 0 saturated carbocycles. The van der Waals surface area contributed by atoms with Crippen LogP contribution < -0.4 is 14.4 Å². The molecule has 0 saturated heterocycles. The number of fused-ring (bicyclic) bond motifs is 1. The normalized spacial score (nSPS) is 16.1. The Morgan fingerprint density at radius 3 is 2.08 bits per heavy atom. The summed E-state index contributed by atoms with van der Waals surface area (Å²) >= 11 is 0. The molecule has 1 aliphatic rings. The molecule has 5 rings (SSSR count). The van der Waals surface area contributed by atoms with Crippen molar-refractivity contribution in [1.29, 1.82) is 0 Å². The van der Waals surface area contributed by atoms with E-state index in [0.29, 0.717) is 35.6 Å². The number of nitrogens with zero attached hydrogens (tertiary/aromatic N) is 1. The summed E-state index contributed by atoms with van der Waals surface area (Å²) in [4.78, 5) is 29.8. The van der Waals surface area contributed by atoms with E-state index in [2.05, 4.69) is 0 Å². The first-order valence-electron chi connectivity index (χ1n) is 12.9. The van der Waals surface area contributed by atoms with Gasteiger partial charge in [-0.05, 0) is 60.9 Å². The van der Waals surface area contributed by atoms with Gasteiger partial charge in [-0.15, -0.1) is 0 Å². The maximum Gasteiger partial charge on any atom is 0.339 e. The quantitative estimate of drug-likeness (QED) is 0.257. The molecule has 4 aromatic carbocycles. The first kappa shape index (κ1) is 26.0. The fourth-order valence-corrected chi connectivity index (χ4v) is 5.11. The lowest BCUT2D eigenvalue weighted by atomic mass is 9.87. The summed E-state index contributed by atoms with van der Waals surface area (Å²) in [7, 11) is 3.16. The number of carbonyl (C=O) groups is 2. The van der Waals surface area contributed by atoms with Gasteiger partial charge in [0.15, 0.2) is 0 Å². The van der Waals surface area contributed by atoms with Gasteiger partial charge in [-0.2, -0.15) is 0 Å². The van der Waals surface area contributed by atoms with Crippen molar-refractivity contribution in [2.45, 2.75) is 25.4 Å². The molecule has 0 spiro atoms. The van der Waals surface area contributed by atoms with Gasteiger partial charge in [-0.1, -0.05) is 60.2 Å². The Labute approximate surface area is 228 Å². The first-order chi connectivity index (χ1) is 18.9. The molecule has 6 heteroatoms. The highest BCUT2D eigenvalue weighted by Gasteiger charge is 2.54. The highest BCUT2D eigenvalue weighted by molar-refractivity contribution is 6.09. The van der Waals surface area contributed by atoms with Crippen LogP contribution >= 0.6 is 0 Å². The third-order valence-corrected chi connectivity index (χ3v) is 7.08. The summed E-state index contributed by atoms with van der Waals surface area (Å²) in [5.74, 6) is 0.343. The van der Waals surface area contributed by atoms with Crippen molar-refractivity contribution >= 4 is 17.6 Å². The van der Waals surface area contributed by atoms with Gasteiger partial charge in [0, 0.05) is 24.6 Å². The van der Waals surface area contributed by atoms with Crippen LogP contribution in [-0.4, -0.2) is 32.6 Å². The average Bonchev–Trinajstić information content (AvgIpc) is 3.18. The second kappa shape index (κ2) is 11.0. The van der Waals surface area contributed by atoms with E-state index in [4.69, 9.17) is 14.2 Å². The molecule has 0 bridgehead atoms. The molecule has 198 valence electrons. The number of benzene rings is 4. The number of hydrogen-bond donors (Lipinski definition) is 0. The van der Waals surface area contributed by atoms with Crippen LogP contribution in [0.2, 0.25) is 0 Å². The smallest absolute Gasteiger partial charge is 0.339 e. The Kier molecular flexibility index (Phi) is 7.37. The Morgan fingerprint density at radius 1 is 0.795 bits per heavy atom. The molecule has 39 heavy (non-hydrogen) atoms. The molecule has 1 unspecified atom stereocenters. The lowest BCUT2D eigenvalue weighted by molar-refractivity contribution is -0.137. The van der Waals surface area contributed by atoms with Gasteiger partial charge < -0.3 is 19.1 Å². The van der Waals surface area contributed by atoms with Crippen molar-refractivity contribution in [2.24, 2.45) is 0 Å². The summed E-state index contributed by atoms with van der Waals surface area (Å²) in [6, 6.07) is 30.1. The second-order valence-corrected chi connectivity index (χ2v) is 9.69. The molecule has 1 aliphatic heterocycles. The highest BCUT2D eigenvalue weighted by atomic mass is 16.6. The van der Waals surface area contributed by atoms with Crippen LogP contribution in [0.15, 0.2) is 97.1 Å². The number of methoxy groups -OCH3 is 2. The van der Waals surface area contributed by atoms with Crippen LogP contribution in [0.5, 0.6) is 11.5 Å². The number of amides is 1. The third kappa shape index (κ3) is 5.23. The van der Waals surface area contributed by atoms with Gasteiger partial charge >= 0.3 is 5.97 Å². The minimum absolute atomic E-state index is 0.121. The lowest BCUT2D eigenvalue weighted by Crippen LogP contribution is -2.46. The number of esters is 1. The summed E-state index contributed by atoms with van der Waals surface area (Å²) in [6.45, 7) is 2.42. The van der Waals surface area contributed by atoms with Crippen molar-refractivity contribution < 1.29 is 23.8 Å². The topological polar surface area (TPSA) is 65.1 Å². The second-order valence-electron chi connectivity index (χ2n) is 9.69. The van der Waals surface area contributed by atoms with Gasteiger partial charge in [-0.25, -0.2) is 4.79 Å². The van der Waals surface area contributed by atoms with Gasteiger partial charge in [-0.3, -0.25) is 4.79 Å². The van der Waals surface area contributed by atoms with Crippen LogP contribution in [0, 0.1) is 6.92 Å². The SMILES string of the molecule is COc1cc(CC2(OC(=O)c3ccccc3)C(=O)N(CCc3ccccc3)c3ccc(C)cc32)cc(OC)c1. The van der Waals surface area contributed by atoms with E-state index < -0.39 is 11.6 Å². The molecule has 0 aromatic heterocycles. The summed E-state index contributed by atoms with van der Waals surface area (Å²) in [5, 5.41) is 0. The zero-order chi connectivity index (χ0) is 27.4. The largest absolute Gasteiger partial charge is 0.497 e. The van der Waals surface area contributed by atoms with E-state index in [1.807, 2.05) is 73.7 Å². The fraction of sp³-hybridized carbons (Fsp3) is 0.212. The summed E-state index contributed by atoms with van der Waals surface area (Å²) in [6.07, 6.45) is 0.784. The van der Waals surface area contributed by atoms with E-state index in [9.17, 15) is 9.59 Å². The molecular weight excluding hydrogens is 490 g/mol. The minimum Gasteiger partial charge on any atom is -0.497 e. The van der Waals surface area contributed by atoms with E-state index >= 15 is 0 Å². The molecule has 1 heterocycles. The number of carbonyl (C=O) groups excluding carboxylic acids is 2. The van der Waals surface area contributed by atoms with Crippen LogP contribution in [0.25, 0.3) is 0 Å². The Bertz CT molecular complexity index is 1460. The molecule has 0 fully saturated rings. The maximum atomic E-state index is 14.5. The molecule has 0 N–H and O–H groups in total. The zero-order valence-electron chi connectivity index (χ0n) is 22.3. The molecular formula is C33H31NO5. The molecule has 1 amide bonds. The number of hydrogen-bond acceptors (Lipinski definition) is 5. The van der Waals surface area contributed by atoms with E-state index in [0.717, 1.165) is 22.4 Å². The average molecular weight is 522 g/mol. The molecule has 0 radical (unpaired) electrons. The van der Waals surface area contributed by atoms with Gasteiger partial charge in [0.2, 0.25) is 5.60 Å². The van der Waals surface area contributed by atoms with Crippen molar-refractivity contribution in [3.63, 3.8) is 0 Å². The Morgan fingerprint density at radius 2 is 1.44 bits per heavy atom. The van der Waals surface area contributed by atoms with Gasteiger partial charge in [0.1, 0.15) is 11.5 Å². The van der Waals surface area contributed by atoms with E-state index in [-0.39, 0.29) is 12.3 Å². The molecule has 0 aliphatic carbocycles.